The zero-order valence-corrected chi connectivity index (χ0v) is 12.9. The molecule has 3 rings (SSSR count). The molecule has 0 aliphatic carbocycles. The third kappa shape index (κ3) is 2.27. The minimum atomic E-state index is -0.566. The molecule has 3 heterocycles. The maximum Gasteiger partial charge on any atom is 0.258 e. The molecule has 2 aromatic rings. The van der Waals surface area contributed by atoms with Gasteiger partial charge in [-0.25, -0.2) is 0 Å². The van der Waals surface area contributed by atoms with Crippen LogP contribution in [-0.4, -0.2) is 9.55 Å². The minimum Gasteiger partial charge on any atom is -0.440 e. The van der Waals surface area contributed by atoms with E-state index in [4.69, 9.17) is 10.5 Å². The smallest absolute Gasteiger partial charge is 0.258 e. The fraction of sp³-hybridized carbons (Fsp3) is 0.235. The van der Waals surface area contributed by atoms with Gasteiger partial charge in [-0.3, -0.25) is 9.78 Å². The van der Waals surface area contributed by atoms with Gasteiger partial charge < -0.3 is 15.0 Å². The number of hydrogen-bond acceptors (Lipinski definition) is 5. The number of fused-ring (bicyclic) bond motifs is 1. The zero-order valence-electron chi connectivity index (χ0n) is 12.9. The number of aromatic nitrogens is 2. The molecule has 0 amide bonds. The number of aryl methyl sites for hydroxylation is 1. The van der Waals surface area contributed by atoms with E-state index in [-0.39, 0.29) is 17.0 Å². The first-order chi connectivity index (χ1) is 11.1. The van der Waals surface area contributed by atoms with Gasteiger partial charge in [-0.15, -0.1) is 0 Å². The van der Waals surface area contributed by atoms with E-state index in [0.717, 1.165) is 11.3 Å². The Labute approximate surface area is 133 Å². The molecule has 1 aliphatic heterocycles. The van der Waals surface area contributed by atoms with Gasteiger partial charge in [0.05, 0.1) is 11.5 Å². The Morgan fingerprint density at radius 1 is 1.52 bits per heavy atom. The third-order valence-corrected chi connectivity index (χ3v) is 4.02. The van der Waals surface area contributed by atoms with Crippen LogP contribution in [0.15, 0.2) is 46.8 Å². The van der Waals surface area contributed by atoms with Crippen molar-refractivity contribution < 1.29 is 4.74 Å². The molecule has 2 N–H and O–H groups in total. The summed E-state index contributed by atoms with van der Waals surface area (Å²) in [6, 6.07) is 7.45. The van der Waals surface area contributed by atoms with Crippen molar-refractivity contribution in [3.8, 4) is 11.8 Å². The van der Waals surface area contributed by atoms with Crippen molar-refractivity contribution in [3.63, 3.8) is 0 Å². The second-order valence-electron chi connectivity index (χ2n) is 5.32. The van der Waals surface area contributed by atoms with Crippen LogP contribution in [0, 0.1) is 18.3 Å². The van der Waals surface area contributed by atoms with Crippen molar-refractivity contribution in [2.24, 2.45) is 5.73 Å². The van der Waals surface area contributed by atoms with E-state index in [2.05, 4.69) is 11.1 Å². The molecule has 116 valence electrons. The third-order valence-electron chi connectivity index (χ3n) is 4.02. The number of nitriles is 1. The van der Waals surface area contributed by atoms with Crippen molar-refractivity contribution in [2.45, 2.75) is 26.3 Å². The standard InChI is InChI=1S/C17H16N4O2/c1-3-21-10(2)7-13-15(17(21)22)14(11-5-4-6-20-9-11)12(8-18)16(19)23-13/h4-7,9,14H,3,19H2,1-2H3. The fourth-order valence-electron chi connectivity index (χ4n) is 2.96. The van der Waals surface area contributed by atoms with Gasteiger partial charge in [0.25, 0.3) is 5.56 Å². The highest BCUT2D eigenvalue weighted by Crippen LogP contribution is 2.40. The number of nitrogens with two attached hydrogens (primary N) is 1. The molecule has 0 saturated carbocycles. The lowest BCUT2D eigenvalue weighted by molar-refractivity contribution is 0.388. The summed E-state index contributed by atoms with van der Waals surface area (Å²) in [4.78, 5) is 17.0. The largest absolute Gasteiger partial charge is 0.440 e. The van der Waals surface area contributed by atoms with E-state index >= 15 is 0 Å². The van der Waals surface area contributed by atoms with Crippen molar-refractivity contribution in [1.29, 1.82) is 5.26 Å². The Morgan fingerprint density at radius 2 is 2.30 bits per heavy atom. The van der Waals surface area contributed by atoms with E-state index < -0.39 is 5.92 Å². The molecule has 6 nitrogen and oxygen atoms in total. The van der Waals surface area contributed by atoms with Gasteiger partial charge in [-0.05, 0) is 25.5 Å². The van der Waals surface area contributed by atoms with Crippen LogP contribution < -0.4 is 16.0 Å². The molecule has 0 bridgehead atoms. The summed E-state index contributed by atoms with van der Waals surface area (Å²) in [5.41, 5.74) is 7.92. The molecule has 2 aromatic heterocycles. The predicted molar refractivity (Wildman–Crippen MR) is 84.6 cm³/mol. The van der Waals surface area contributed by atoms with Crippen LogP contribution in [0.1, 0.15) is 29.7 Å². The molecule has 1 aliphatic rings. The van der Waals surface area contributed by atoms with E-state index in [1.165, 1.54) is 0 Å². The molecule has 1 unspecified atom stereocenters. The topological polar surface area (TPSA) is 93.9 Å². The van der Waals surface area contributed by atoms with Crippen LogP contribution in [-0.2, 0) is 6.54 Å². The van der Waals surface area contributed by atoms with Gasteiger partial charge in [0, 0.05) is 30.7 Å². The lowest BCUT2D eigenvalue weighted by Crippen LogP contribution is -2.32. The maximum atomic E-state index is 12.9. The number of hydrogen-bond donors (Lipinski definition) is 1. The van der Waals surface area contributed by atoms with Crippen LogP contribution in [0.4, 0.5) is 0 Å². The highest BCUT2D eigenvalue weighted by molar-refractivity contribution is 5.54. The van der Waals surface area contributed by atoms with Gasteiger partial charge in [-0.1, -0.05) is 6.07 Å². The van der Waals surface area contributed by atoms with Crippen LogP contribution in [0.5, 0.6) is 5.75 Å². The first-order valence-corrected chi connectivity index (χ1v) is 7.30. The Morgan fingerprint density at radius 3 is 2.91 bits per heavy atom. The Hall–Kier alpha value is -3.07. The highest BCUT2D eigenvalue weighted by atomic mass is 16.5. The Bertz CT molecular complexity index is 891. The van der Waals surface area contributed by atoms with E-state index in [1.807, 2.05) is 19.9 Å². The van der Waals surface area contributed by atoms with Crippen LogP contribution in [0.25, 0.3) is 0 Å². The molecular weight excluding hydrogens is 292 g/mol. The Balaban J connectivity index is 2.35. The number of allylic oxidation sites excluding steroid dienone is 1. The summed E-state index contributed by atoms with van der Waals surface area (Å²) in [6.45, 7) is 4.28. The molecule has 0 aromatic carbocycles. The lowest BCUT2D eigenvalue weighted by atomic mass is 9.85. The van der Waals surface area contributed by atoms with Crippen molar-refractivity contribution in [3.05, 3.63) is 69.2 Å². The molecular formula is C17H16N4O2. The molecule has 0 spiro atoms. The van der Waals surface area contributed by atoms with Crippen molar-refractivity contribution in [1.82, 2.24) is 9.55 Å². The van der Waals surface area contributed by atoms with Crippen LogP contribution in [0.2, 0.25) is 0 Å². The van der Waals surface area contributed by atoms with Gasteiger partial charge in [0.2, 0.25) is 5.88 Å². The second kappa shape index (κ2) is 5.61. The quantitative estimate of drug-likeness (QED) is 0.912. The lowest BCUT2D eigenvalue weighted by Gasteiger charge is -2.26. The summed E-state index contributed by atoms with van der Waals surface area (Å²) >= 11 is 0. The summed E-state index contributed by atoms with van der Waals surface area (Å²) in [7, 11) is 0. The highest BCUT2D eigenvalue weighted by Gasteiger charge is 2.34. The molecule has 6 heteroatoms. The average Bonchev–Trinajstić information content (AvgIpc) is 2.54. The minimum absolute atomic E-state index is 0.0295. The number of rotatable bonds is 2. The molecule has 23 heavy (non-hydrogen) atoms. The summed E-state index contributed by atoms with van der Waals surface area (Å²) in [6.07, 6.45) is 3.28. The number of nitrogens with zero attached hydrogens (tertiary/aromatic N) is 3. The summed E-state index contributed by atoms with van der Waals surface area (Å²) in [5, 5.41) is 9.49. The van der Waals surface area contributed by atoms with Gasteiger partial charge in [0.1, 0.15) is 17.4 Å². The van der Waals surface area contributed by atoms with E-state index in [9.17, 15) is 10.1 Å². The number of pyridine rings is 2. The zero-order chi connectivity index (χ0) is 16.6. The second-order valence-corrected chi connectivity index (χ2v) is 5.32. The van der Waals surface area contributed by atoms with Crippen LogP contribution in [0.3, 0.4) is 0 Å². The summed E-state index contributed by atoms with van der Waals surface area (Å²) in [5.74, 6) is -0.132. The molecule has 0 fully saturated rings. The molecule has 0 saturated heterocycles. The van der Waals surface area contributed by atoms with E-state index in [1.54, 1.807) is 29.1 Å². The number of ether oxygens (including phenoxy) is 1. The van der Waals surface area contributed by atoms with Gasteiger partial charge in [-0.2, -0.15) is 5.26 Å². The molecule has 1 atom stereocenters. The monoisotopic (exact) mass is 308 g/mol. The van der Waals surface area contributed by atoms with Crippen LogP contribution >= 0.6 is 0 Å². The van der Waals surface area contributed by atoms with Gasteiger partial charge in [0.15, 0.2) is 0 Å². The first-order valence-electron chi connectivity index (χ1n) is 7.30. The maximum absolute atomic E-state index is 12.9. The average molecular weight is 308 g/mol. The van der Waals surface area contributed by atoms with Crippen molar-refractivity contribution >= 4 is 0 Å². The predicted octanol–water partition coefficient (Wildman–Crippen LogP) is 1.79. The van der Waals surface area contributed by atoms with E-state index in [0.29, 0.717) is 17.9 Å². The van der Waals surface area contributed by atoms with Gasteiger partial charge >= 0.3 is 0 Å². The summed E-state index contributed by atoms with van der Waals surface area (Å²) < 4.78 is 7.20. The normalized spacial score (nSPS) is 16.5. The Kier molecular flexibility index (Phi) is 3.62. The molecule has 0 radical (unpaired) electrons. The fourth-order valence-corrected chi connectivity index (χ4v) is 2.96. The first kappa shape index (κ1) is 14.9. The van der Waals surface area contributed by atoms with Crippen molar-refractivity contribution in [2.75, 3.05) is 0 Å². The SMILES string of the molecule is CCn1c(C)cc2c(c1=O)C(c1cccnc1)C(C#N)=C(N)O2.